The van der Waals surface area contributed by atoms with Crippen molar-refractivity contribution >= 4 is 11.6 Å². The molecule has 1 aromatic heterocycles. The average molecular weight is 233 g/mol. The molecule has 2 heterocycles. The molecule has 4 nitrogen and oxygen atoms in total. The molecule has 0 saturated carbocycles. The molecule has 4 heteroatoms. The van der Waals surface area contributed by atoms with Crippen molar-refractivity contribution in [1.29, 1.82) is 0 Å². The summed E-state index contributed by atoms with van der Waals surface area (Å²) in [6, 6.07) is 1.70. The fourth-order valence-corrected chi connectivity index (χ4v) is 2.35. The molecule has 1 aliphatic rings. The number of piperidine rings is 1. The Bertz CT molecular complexity index is 405. The van der Waals surface area contributed by atoms with E-state index in [2.05, 4.69) is 11.9 Å². The predicted molar refractivity (Wildman–Crippen MR) is 67.6 cm³/mol. The van der Waals surface area contributed by atoms with E-state index in [9.17, 15) is 4.79 Å². The van der Waals surface area contributed by atoms with Crippen molar-refractivity contribution < 1.29 is 4.79 Å². The van der Waals surface area contributed by atoms with Crippen LogP contribution in [-0.4, -0.2) is 28.9 Å². The molecular formula is C13H19N3O. The molecule has 17 heavy (non-hydrogen) atoms. The first-order chi connectivity index (χ1) is 8.22. The summed E-state index contributed by atoms with van der Waals surface area (Å²) in [5.41, 5.74) is 6.83. The van der Waals surface area contributed by atoms with Gasteiger partial charge in [-0.25, -0.2) is 0 Å². The Morgan fingerprint density at radius 1 is 1.65 bits per heavy atom. The lowest BCUT2D eigenvalue weighted by Gasteiger charge is -2.32. The Morgan fingerprint density at radius 3 is 3.18 bits per heavy atom. The van der Waals surface area contributed by atoms with Crippen LogP contribution in [0.2, 0.25) is 0 Å². The van der Waals surface area contributed by atoms with E-state index in [0.29, 0.717) is 17.2 Å². The van der Waals surface area contributed by atoms with E-state index in [1.807, 2.05) is 4.90 Å². The summed E-state index contributed by atoms with van der Waals surface area (Å²) in [7, 11) is 0. The molecular weight excluding hydrogens is 214 g/mol. The molecule has 2 rings (SSSR count). The molecule has 0 bridgehead atoms. The smallest absolute Gasteiger partial charge is 0.256 e. The number of rotatable bonds is 2. The zero-order valence-electron chi connectivity index (χ0n) is 10.2. The molecule has 1 atom stereocenters. The van der Waals surface area contributed by atoms with Crippen LogP contribution in [0.25, 0.3) is 0 Å². The van der Waals surface area contributed by atoms with E-state index >= 15 is 0 Å². The summed E-state index contributed by atoms with van der Waals surface area (Å²) in [5, 5.41) is 0. The number of nitrogen functional groups attached to an aromatic ring is 1. The first kappa shape index (κ1) is 11.9. The van der Waals surface area contributed by atoms with Gasteiger partial charge in [-0.1, -0.05) is 13.3 Å². The second-order valence-electron chi connectivity index (χ2n) is 4.63. The van der Waals surface area contributed by atoms with Crippen LogP contribution in [0.4, 0.5) is 5.69 Å². The van der Waals surface area contributed by atoms with Crippen LogP contribution in [0.1, 0.15) is 36.5 Å². The molecule has 0 aliphatic carbocycles. The van der Waals surface area contributed by atoms with Crippen LogP contribution in [-0.2, 0) is 0 Å². The van der Waals surface area contributed by atoms with Crippen LogP contribution in [0, 0.1) is 5.92 Å². The van der Waals surface area contributed by atoms with Crippen LogP contribution in [0.5, 0.6) is 0 Å². The van der Waals surface area contributed by atoms with Crippen molar-refractivity contribution in [3.05, 3.63) is 24.0 Å². The van der Waals surface area contributed by atoms with Gasteiger partial charge in [0.1, 0.15) is 0 Å². The Hall–Kier alpha value is -1.58. The fraction of sp³-hybridized carbons (Fsp3) is 0.538. The number of likely N-dealkylation sites (tertiary alicyclic amines) is 1. The van der Waals surface area contributed by atoms with E-state index < -0.39 is 0 Å². The lowest BCUT2D eigenvalue weighted by Crippen LogP contribution is -2.40. The molecule has 0 spiro atoms. The fourth-order valence-electron chi connectivity index (χ4n) is 2.35. The first-order valence-electron chi connectivity index (χ1n) is 6.21. The number of anilines is 1. The lowest BCUT2D eigenvalue weighted by atomic mass is 9.95. The van der Waals surface area contributed by atoms with Gasteiger partial charge >= 0.3 is 0 Å². The standard InChI is InChI=1S/C13H19N3O/c1-2-10-4-3-7-16(9-10)13(17)11-5-6-15-8-12(11)14/h5-6,8,10H,2-4,7,9,14H2,1H3. The number of amides is 1. The molecule has 1 aromatic rings. The van der Waals surface area contributed by atoms with Gasteiger partial charge in [0.25, 0.3) is 5.91 Å². The predicted octanol–water partition coefficient (Wildman–Crippen LogP) is 1.93. The Kier molecular flexibility index (Phi) is 3.61. The molecule has 1 fully saturated rings. The summed E-state index contributed by atoms with van der Waals surface area (Å²) < 4.78 is 0. The van der Waals surface area contributed by atoms with Crippen molar-refractivity contribution in [3.63, 3.8) is 0 Å². The third-order valence-corrected chi connectivity index (χ3v) is 3.47. The third-order valence-electron chi connectivity index (χ3n) is 3.47. The zero-order valence-corrected chi connectivity index (χ0v) is 10.2. The summed E-state index contributed by atoms with van der Waals surface area (Å²) in [4.78, 5) is 18.1. The largest absolute Gasteiger partial charge is 0.397 e. The highest BCUT2D eigenvalue weighted by atomic mass is 16.2. The van der Waals surface area contributed by atoms with E-state index in [1.54, 1.807) is 12.3 Å². The second-order valence-corrected chi connectivity index (χ2v) is 4.63. The molecule has 1 saturated heterocycles. The summed E-state index contributed by atoms with van der Waals surface area (Å²) in [6.07, 6.45) is 6.61. The maximum atomic E-state index is 12.3. The van der Waals surface area contributed by atoms with E-state index in [4.69, 9.17) is 5.73 Å². The van der Waals surface area contributed by atoms with Gasteiger partial charge in [-0.15, -0.1) is 0 Å². The van der Waals surface area contributed by atoms with Crippen molar-refractivity contribution in [2.24, 2.45) is 5.92 Å². The van der Waals surface area contributed by atoms with Crippen LogP contribution in [0.15, 0.2) is 18.5 Å². The minimum absolute atomic E-state index is 0.0445. The van der Waals surface area contributed by atoms with Gasteiger partial charge < -0.3 is 10.6 Å². The summed E-state index contributed by atoms with van der Waals surface area (Å²) in [5.74, 6) is 0.679. The monoisotopic (exact) mass is 233 g/mol. The number of carbonyl (C=O) groups excluding carboxylic acids is 1. The maximum absolute atomic E-state index is 12.3. The highest BCUT2D eigenvalue weighted by Gasteiger charge is 2.24. The molecule has 1 aliphatic heterocycles. The number of nitrogens with zero attached hydrogens (tertiary/aromatic N) is 2. The number of hydrogen-bond donors (Lipinski definition) is 1. The summed E-state index contributed by atoms with van der Waals surface area (Å²) >= 11 is 0. The normalized spacial score (nSPS) is 20.3. The maximum Gasteiger partial charge on any atom is 0.256 e. The van der Waals surface area contributed by atoms with Crippen LogP contribution < -0.4 is 5.73 Å². The molecule has 2 N–H and O–H groups in total. The molecule has 0 radical (unpaired) electrons. The topological polar surface area (TPSA) is 59.2 Å². The molecule has 1 unspecified atom stereocenters. The van der Waals surface area contributed by atoms with Gasteiger partial charge in [-0.05, 0) is 24.8 Å². The second kappa shape index (κ2) is 5.17. The zero-order chi connectivity index (χ0) is 12.3. The molecule has 1 amide bonds. The molecule has 92 valence electrons. The van der Waals surface area contributed by atoms with Crippen molar-refractivity contribution in [3.8, 4) is 0 Å². The van der Waals surface area contributed by atoms with Gasteiger partial charge in [0.15, 0.2) is 0 Å². The van der Waals surface area contributed by atoms with Gasteiger partial charge in [0, 0.05) is 19.3 Å². The Morgan fingerprint density at radius 2 is 2.47 bits per heavy atom. The van der Waals surface area contributed by atoms with Crippen LogP contribution in [0.3, 0.4) is 0 Å². The first-order valence-corrected chi connectivity index (χ1v) is 6.21. The van der Waals surface area contributed by atoms with Crippen molar-refractivity contribution in [2.45, 2.75) is 26.2 Å². The number of aromatic nitrogens is 1. The van der Waals surface area contributed by atoms with E-state index in [0.717, 1.165) is 25.9 Å². The Balaban J connectivity index is 2.12. The quantitative estimate of drug-likeness (QED) is 0.849. The highest BCUT2D eigenvalue weighted by Crippen LogP contribution is 2.22. The number of pyridine rings is 1. The van der Waals surface area contributed by atoms with Gasteiger partial charge in [0.2, 0.25) is 0 Å². The van der Waals surface area contributed by atoms with E-state index in [1.165, 1.54) is 12.6 Å². The van der Waals surface area contributed by atoms with E-state index in [-0.39, 0.29) is 5.91 Å². The van der Waals surface area contributed by atoms with Gasteiger partial charge in [-0.2, -0.15) is 0 Å². The van der Waals surface area contributed by atoms with Crippen molar-refractivity contribution in [1.82, 2.24) is 9.88 Å². The van der Waals surface area contributed by atoms with Crippen molar-refractivity contribution in [2.75, 3.05) is 18.8 Å². The lowest BCUT2D eigenvalue weighted by molar-refractivity contribution is 0.0672. The third kappa shape index (κ3) is 2.57. The van der Waals surface area contributed by atoms with Gasteiger partial charge in [0.05, 0.1) is 17.4 Å². The van der Waals surface area contributed by atoms with Gasteiger partial charge in [-0.3, -0.25) is 9.78 Å². The number of hydrogen-bond acceptors (Lipinski definition) is 3. The molecule has 0 aromatic carbocycles. The number of nitrogens with two attached hydrogens (primary N) is 1. The minimum atomic E-state index is 0.0445. The van der Waals surface area contributed by atoms with Crippen LogP contribution >= 0.6 is 0 Å². The Labute approximate surface area is 102 Å². The summed E-state index contributed by atoms with van der Waals surface area (Å²) in [6.45, 7) is 3.88. The minimum Gasteiger partial charge on any atom is -0.397 e. The number of carbonyl (C=O) groups is 1. The highest BCUT2D eigenvalue weighted by molar-refractivity contribution is 5.98. The average Bonchev–Trinajstić information content (AvgIpc) is 2.38. The SMILES string of the molecule is CCC1CCCN(C(=O)c2ccncc2N)C1.